The highest BCUT2D eigenvalue weighted by molar-refractivity contribution is 8.14. The zero-order valence-corrected chi connectivity index (χ0v) is 14.5. The molecule has 3 aromatic rings. The predicted molar refractivity (Wildman–Crippen MR) is 103 cm³/mol. The van der Waals surface area contributed by atoms with Crippen molar-refractivity contribution >= 4 is 39.6 Å². The van der Waals surface area contributed by atoms with Crippen LogP contribution in [0, 0.1) is 0 Å². The fourth-order valence-corrected chi connectivity index (χ4v) is 3.96. The van der Waals surface area contributed by atoms with E-state index in [2.05, 4.69) is 32.0 Å². The Labute approximate surface area is 150 Å². The lowest BCUT2D eigenvalue weighted by Crippen LogP contribution is -2.29. The van der Waals surface area contributed by atoms with Crippen molar-refractivity contribution in [2.75, 3.05) is 17.2 Å². The molecule has 126 valence electrons. The zero-order chi connectivity index (χ0) is 17.1. The SMILES string of the molecule is O=C(N=C1SCCCCN1c1ccccc1)c1c[nH]c2ncccc12. The summed E-state index contributed by atoms with van der Waals surface area (Å²) in [6, 6.07) is 13.8. The number of thioether (sulfide) groups is 1. The summed E-state index contributed by atoms with van der Waals surface area (Å²) in [5.41, 5.74) is 2.34. The van der Waals surface area contributed by atoms with Crippen LogP contribution in [0.5, 0.6) is 0 Å². The highest BCUT2D eigenvalue weighted by Gasteiger charge is 2.20. The number of aromatic amines is 1. The van der Waals surface area contributed by atoms with Gasteiger partial charge in [-0.05, 0) is 37.1 Å². The van der Waals surface area contributed by atoms with Crippen molar-refractivity contribution < 1.29 is 4.79 Å². The van der Waals surface area contributed by atoms with Gasteiger partial charge in [-0.2, -0.15) is 4.99 Å². The minimum Gasteiger partial charge on any atom is -0.345 e. The van der Waals surface area contributed by atoms with Gasteiger partial charge in [-0.1, -0.05) is 30.0 Å². The first-order valence-electron chi connectivity index (χ1n) is 8.33. The third kappa shape index (κ3) is 3.30. The number of amides is 1. The Morgan fingerprint density at radius 2 is 2.04 bits per heavy atom. The second-order valence-corrected chi connectivity index (χ2v) is 6.91. The average Bonchev–Trinajstić information content (AvgIpc) is 2.96. The van der Waals surface area contributed by atoms with Crippen molar-refractivity contribution in [3.8, 4) is 0 Å². The number of carbonyl (C=O) groups excluding carboxylic acids is 1. The van der Waals surface area contributed by atoms with Gasteiger partial charge in [0, 0.05) is 35.8 Å². The van der Waals surface area contributed by atoms with E-state index in [-0.39, 0.29) is 5.91 Å². The number of aromatic nitrogens is 2. The van der Waals surface area contributed by atoms with Gasteiger partial charge in [0.15, 0.2) is 5.17 Å². The lowest BCUT2D eigenvalue weighted by atomic mass is 10.2. The lowest BCUT2D eigenvalue weighted by Gasteiger charge is -2.23. The Balaban J connectivity index is 1.70. The number of carbonyl (C=O) groups is 1. The highest BCUT2D eigenvalue weighted by Crippen LogP contribution is 2.25. The number of pyridine rings is 1. The van der Waals surface area contributed by atoms with Crippen molar-refractivity contribution in [1.82, 2.24) is 9.97 Å². The number of amidine groups is 1. The van der Waals surface area contributed by atoms with Gasteiger partial charge in [0.05, 0.1) is 5.56 Å². The monoisotopic (exact) mass is 350 g/mol. The molecule has 4 rings (SSSR count). The predicted octanol–water partition coefficient (Wildman–Crippen LogP) is 4.09. The summed E-state index contributed by atoms with van der Waals surface area (Å²) >= 11 is 1.65. The smallest absolute Gasteiger partial charge is 0.281 e. The van der Waals surface area contributed by atoms with E-state index < -0.39 is 0 Å². The Hall–Kier alpha value is -2.60. The molecule has 2 aromatic heterocycles. The number of fused-ring (bicyclic) bond motifs is 1. The van der Waals surface area contributed by atoms with Crippen LogP contribution >= 0.6 is 11.8 Å². The maximum Gasteiger partial charge on any atom is 0.281 e. The first kappa shape index (κ1) is 15.9. The molecule has 1 amide bonds. The third-order valence-electron chi connectivity index (χ3n) is 4.18. The molecule has 1 saturated heterocycles. The van der Waals surface area contributed by atoms with Gasteiger partial charge in [0.1, 0.15) is 5.65 Å². The van der Waals surface area contributed by atoms with Crippen LogP contribution in [0.2, 0.25) is 0 Å². The van der Waals surface area contributed by atoms with Gasteiger partial charge in [-0.3, -0.25) is 4.79 Å². The second kappa shape index (κ2) is 7.11. The summed E-state index contributed by atoms with van der Waals surface area (Å²) in [4.78, 5) is 26.7. The summed E-state index contributed by atoms with van der Waals surface area (Å²) in [6.07, 6.45) is 5.61. The number of anilines is 1. The fourth-order valence-electron chi connectivity index (χ4n) is 2.93. The maximum absolute atomic E-state index is 12.8. The molecule has 0 unspecified atom stereocenters. The molecule has 1 N–H and O–H groups in total. The molecular formula is C19H18N4OS. The summed E-state index contributed by atoms with van der Waals surface area (Å²) in [5, 5.41) is 1.58. The molecular weight excluding hydrogens is 332 g/mol. The Morgan fingerprint density at radius 3 is 2.92 bits per heavy atom. The van der Waals surface area contributed by atoms with Crippen LogP contribution < -0.4 is 4.90 Å². The van der Waals surface area contributed by atoms with Crippen molar-refractivity contribution in [3.63, 3.8) is 0 Å². The number of para-hydroxylation sites is 1. The molecule has 0 saturated carbocycles. The normalized spacial score (nSPS) is 17.0. The van der Waals surface area contributed by atoms with Crippen molar-refractivity contribution in [2.24, 2.45) is 4.99 Å². The number of aliphatic imine (C=N–C) groups is 1. The average molecular weight is 350 g/mol. The minimum atomic E-state index is -0.232. The van der Waals surface area contributed by atoms with E-state index in [1.165, 1.54) is 0 Å². The summed E-state index contributed by atoms with van der Waals surface area (Å²) in [7, 11) is 0. The quantitative estimate of drug-likeness (QED) is 0.756. The van der Waals surface area contributed by atoms with E-state index in [1.54, 1.807) is 24.2 Å². The number of H-pyrrole nitrogens is 1. The molecule has 1 fully saturated rings. The Morgan fingerprint density at radius 1 is 1.16 bits per heavy atom. The first-order valence-corrected chi connectivity index (χ1v) is 9.32. The summed E-state index contributed by atoms with van der Waals surface area (Å²) in [5.74, 6) is 0.745. The molecule has 0 atom stereocenters. The number of nitrogens with zero attached hydrogens (tertiary/aromatic N) is 3. The number of nitrogens with one attached hydrogen (secondary N) is 1. The molecule has 0 aliphatic carbocycles. The van der Waals surface area contributed by atoms with Crippen LogP contribution in [0.4, 0.5) is 5.69 Å². The number of hydrogen-bond donors (Lipinski definition) is 1. The van der Waals surface area contributed by atoms with Crippen LogP contribution in [-0.2, 0) is 0 Å². The standard InChI is InChI=1S/C19H18N4OS/c24-18(16-13-21-17-15(16)9-6-10-20-17)22-19-23(11-4-5-12-25-19)14-7-2-1-3-8-14/h1-3,6-10,13H,4-5,11-12H2,(H,20,21). The Kier molecular flexibility index (Phi) is 4.52. The van der Waals surface area contributed by atoms with Crippen LogP contribution in [0.3, 0.4) is 0 Å². The molecule has 0 bridgehead atoms. The summed E-state index contributed by atoms with van der Waals surface area (Å²) in [6.45, 7) is 0.874. The van der Waals surface area contributed by atoms with E-state index in [1.807, 2.05) is 30.3 Å². The maximum atomic E-state index is 12.8. The number of hydrogen-bond acceptors (Lipinski definition) is 3. The minimum absolute atomic E-state index is 0.232. The van der Waals surface area contributed by atoms with E-state index >= 15 is 0 Å². The van der Waals surface area contributed by atoms with Gasteiger partial charge >= 0.3 is 0 Å². The molecule has 5 nitrogen and oxygen atoms in total. The van der Waals surface area contributed by atoms with Crippen LogP contribution in [0.15, 0.2) is 59.9 Å². The zero-order valence-electron chi connectivity index (χ0n) is 13.7. The molecule has 25 heavy (non-hydrogen) atoms. The van der Waals surface area contributed by atoms with Crippen molar-refractivity contribution in [3.05, 3.63) is 60.4 Å². The van der Waals surface area contributed by atoms with E-state index in [4.69, 9.17) is 0 Å². The van der Waals surface area contributed by atoms with Crippen LogP contribution in [-0.4, -0.2) is 33.3 Å². The van der Waals surface area contributed by atoms with Crippen LogP contribution in [0.1, 0.15) is 23.2 Å². The molecule has 1 aromatic carbocycles. The van der Waals surface area contributed by atoms with Crippen molar-refractivity contribution in [2.45, 2.75) is 12.8 Å². The topological polar surface area (TPSA) is 61.4 Å². The van der Waals surface area contributed by atoms with Gasteiger partial charge in [0.25, 0.3) is 5.91 Å². The fraction of sp³-hybridized carbons (Fsp3) is 0.211. The summed E-state index contributed by atoms with van der Waals surface area (Å²) < 4.78 is 0. The van der Waals surface area contributed by atoms with Crippen LogP contribution in [0.25, 0.3) is 11.0 Å². The highest BCUT2D eigenvalue weighted by atomic mass is 32.2. The van der Waals surface area contributed by atoms with Gasteiger partial charge in [-0.15, -0.1) is 0 Å². The lowest BCUT2D eigenvalue weighted by molar-refractivity contribution is 0.100. The molecule has 3 heterocycles. The molecule has 0 spiro atoms. The molecule has 6 heteroatoms. The Bertz CT molecular complexity index is 919. The van der Waals surface area contributed by atoms with Gasteiger partial charge in [-0.25, -0.2) is 4.98 Å². The van der Waals surface area contributed by atoms with Gasteiger partial charge < -0.3 is 9.88 Å². The second-order valence-electron chi connectivity index (χ2n) is 5.84. The van der Waals surface area contributed by atoms with Gasteiger partial charge in [0.2, 0.25) is 0 Å². The van der Waals surface area contributed by atoms with E-state index in [0.29, 0.717) is 11.2 Å². The van der Waals surface area contributed by atoms with Crippen molar-refractivity contribution in [1.29, 1.82) is 0 Å². The van der Waals surface area contributed by atoms with E-state index in [9.17, 15) is 4.79 Å². The number of rotatable bonds is 2. The van der Waals surface area contributed by atoms with E-state index in [0.717, 1.165) is 41.4 Å². The first-order chi connectivity index (χ1) is 12.3. The third-order valence-corrected chi connectivity index (χ3v) is 5.25. The number of benzene rings is 1. The largest absolute Gasteiger partial charge is 0.345 e. The molecule has 1 aliphatic rings. The molecule has 0 radical (unpaired) electrons. The molecule has 1 aliphatic heterocycles.